The van der Waals surface area contributed by atoms with E-state index in [1.165, 1.54) is 7.11 Å². The summed E-state index contributed by atoms with van der Waals surface area (Å²) in [4.78, 5) is 23.6. The molecule has 2 N–H and O–H groups in total. The third-order valence-corrected chi connectivity index (χ3v) is 3.87. The molecule has 2 amide bonds. The minimum atomic E-state index is -0.381. The molecule has 0 saturated carbocycles. The summed E-state index contributed by atoms with van der Waals surface area (Å²) in [6.07, 6.45) is 0. The van der Waals surface area contributed by atoms with Crippen molar-refractivity contribution in [1.82, 2.24) is 5.32 Å². The van der Waals surface area contributed by atoms with Crippen molar-refractivity contribution in [2.45, 2.75) is 6.54 Å². The summed E-state index contributed by atoms with van der Waals surface area (Å²) in [5.74, 6) is -0.381. The van der Waals surface area contributed by atoms with E-state index in [0.717, 1.165) is 22.0 Å². The van der Waals surface area contributed by atoms with Crippen LogP contribution in [0, 0.1) is 0 Å². The van der Waals surface area contributed by atoms with E-state index in [1.54, 1.807) is 24.3 Å². The van der Waals surface area contributed by atoms with E-state index < -0.39 is 0 Å². The van der Waals surface area contributed by atoms with Crippen LogP contribution in [0.3, 0.4) is 0 Å². The van der Waals surface area contributed by atoms with Crippen LogP contribution in [0.25, 0.3) is 10.8 Å². The zero-order chi connectivity index (χ0) is 17.6. The number of carbonyl (C=O) groups excluding carboxylic acids is 2. The smallest absolute Gasteiger partial charge is 0.337 e. The van der Waals surface area contributed by atoms with Crippen LogP contribution in [0.1, 0.15) is 15.9 Å². The van der Waals surface area contributed by atoms with Crippen molar-refractivity contribution in [3.05, 3.63) is 77.9 Å². The Morgan fingerprint density at radius 1 is 0.920 bits per heavy atom. The molecule has 0 spiro atoms. The summed E-state index contributed by atoms with van der Waals surface area (Å²) in [7, 11) is 1.34. The summed E-state index contributed by atoms with van der Waals surface area (Å²) in [5.41, 5.74) is 2.13. The van der Waals surface area contributed by atoms with E-state index in [-0.39, 0.29) is 12.0 Å². The minimum absolute atomic E-state index is 0.284. The molecule has 0 atom stereocenters. The third-order valence-electron chi connectivity index (χ3n) is 3.87. The second kappa shape index (κ2) is 7.49. The van der Waals surface area contributed by atoms with Crippen LogP contribution in [-0.2, 0) is 11.3 Å². The Morgan fingerprint density at radius 2 is 1.64 bits per heavy atom. The second-order valence-electron chi connectivity index (χ2n) is 5.52. The number of rotatable bonds is 4. The number of anilines is 1. The quantitative estimate of drug-likeness (QED) is 0.710. The molecule has 0 bridgehead atoms. The van der Waals surface area contributed by atoms with Crippen molar-refractivity contribution >= 4 is 28.5 Å². The molecule has 0 radical (unpaired) electrons. The lowest BCUT2D eigenvalue weighted by atomic mass is 10.1. The number of carbonyl (C=O) groups is 2. The van der Waals surface area contributed by atoms with Gasteiger partial charge in [0.2, 0.25) is 0 Å². The van der Waals surface area contributed by atoms with Gasteiger partial charge in [-0.1, -0.05) is 48.5 Å². The molecule has 3 aromatic carbocycles. The fourth-order valence-electron chi connectivity index (χ4n) is 2.56. The zero-order valence-corrected chi connectivity index (χ0v) is 13.8. The van der Waals surface area contributed by atoms with Gasteiger partial charge in [0.1, 0.15) is 0 Å². The van der Waals surface area contributed by atoms with Gasteiger partial charge in [0.05, 0.1) is 18.4 Å². The normalized spacial score (nSPS) is 10.3. The number of fused-ring (bicyclic) bond motifs is 1. The Hall–Kier alpha value is -3.34. The van der Waals surface area contributed by atoms with Gasteiger partial charge in [0.25, 0.3) is 0 Å². The Kier molecular flexibility index (Phi) is 4.95. The van der Waals surface area contributed by atoms with Crippen molar-refractivity contribution in [3.8, 4) is 0 Å². The monoisotopic (exact) mass is 334 g/mol. The molecule has 0 saturated heterocycles. The largest absolute Gasteiger partial charge is 0.465 e. The molecule has 0 aromatic heterocycles. The molecular weight excluding hydrogens is 316 g/mol. The number of amides is 2. The van der Waals surface area contributed by atoms with E-state index >= 15 is 0 Å². The number of esters is 1. The summed E-state index contributed by atoms with van der Waals surface area (Å²) < 4.78 is 4.66. The van der Waals surface area contributed by atoms with Gasteiger partial charge in [-0.25, -0.2) is 9.59 Å². The zero-order valence-electron chi connectivity index (χ0n) is 13.8. The number of ether oxygens (including phenoxy) is 1. The van der Waals surface area contributed by atoms with E-state index in [0.29, 0.717) is 12.1 Å². The molecule has 126 valence electrons. The lowest BCUT2D eigenvalue weighted by Gasteiger charge is -2.10. The summed E-state index contributed by atoms with van der Waals surface area (Å²) >= 11 is 0. The van der Waals surface area contributed by atoms with Crippen molar-refractivity contribution in [3.63, 3.8) is 0 Å². The van der Waals surface area contributed by atoms with E-state index in [1.807, 2.05) is 42.5 Å². The van der Waals surface area contributed by atoms with Crippen LogP contribution in [-0.4, -0.2) is 19.1 Å². The van der Waals surface area contributed by atoms with Gasteiger partial charge < -0.3 is 15.4 Å². The summed E-state index contributed by atoms with van der Waals surface area (Å²) in [6, 6.07) is 20.3. The topological polar surface area (TPSA) is 67.4 Å². The average Bonchev–Trinajstić information content (AvgIpc) is 2.66. The number of hydrogen-bond donors (Lipinski definition) is 2. The number of urea groups is 1. The highest BCUT2D eigenvalue weighted by Gasteiger charge is 2.07. The van der Waals surface area contributed by atoms with E-state index in [2.05, 4.69) is 15.4 Å². The molecule has 5 nitrogen and oxygen atoms in total. The van der Waals surface area contributed by atoms with Gasteiger partial charge in [0, 0.05) is 11.9 Å². The van der Waals surface area contributed by atoms with Gasteiger partial charge >= 0.3 is 12.0 Å². The SMILES string of the molecule is COC(=O)c1ccc(CNC(=O)Nc2cccc3ccccc23)cc1. The number of benzene rings is 3. The first-order chi connectivity index (χ1) is 12.2. The van der Waals surface area contributed by atoms with Crippen LogP contribution in [0.15, 0.2) is 66.7 Å². The first kappa shape index (κ1) is 16.5. The minimum Gasteiger partial charge on any atom is -0.465 e. The van der Waals surface area contributed by atoms with Crippen LogP contribution < -0.4 is 10.6 Å². The van der Waals surface area contributed by atoms with Crippen LogP contribution >= 0.6 is 0 Å². The molecule has 0 aliphatic heterocycles. The van der Waals surface area contributed by atoms with Gasteiger partial charge in [-0.3, -0.25) is 0 Å². The first-order valence-electron chi connectivity index (χ1n) is 7.87. The molecule has 25 heavy (non-hydrogen) atoms. The number of methoxy groups -OCH3 is 1. The number of hydrogen-bond acceptors (Lipinski definition) is 3. The molecule has 3 rings (SSSR count). The maximum Gasteiger partial charge on any atom is 0.337 e. The Morgan fingerprint density at radius 3 is 2.40 bits per heavy atom. The Bertz CT molecular complexity index is 899. The van der Waals surface area contributed by atoms with Crippen LogP contribution in [0.2, 0.25) is 0 Å². The molecule has 0 heterocycles. The second-order valence-corrected chi connectivity index (χ2v) is 5.52. The first-order valence-corrected chi connectivity index (χ1v) is 7.87. The van der Waals surface area contributed by atoms with Crippen LogP contribution in [0.5, 0.6) is 0 Å². The van der Waals surface area contributed by atoms with Crippen molar-refractivity contribution in [2.75, 3.05) is 12.4 Å². The highest BCUT2D eigenvalue weighted by molar-refractivity contribution is 6.01. The predicted octanol–water partition coefficient (Wildman–Crippen LogP) is 3.95. The van der Waals surface area contributed by atoms with E-state index in [4.69, 9.17) is 0 Å². The lowest BCUT2D eigenvalue weighted by molar-refractivity contribution is 0.0600. The standard InChI is InChI=1S/C20H18N2O3/c1-25-19(23)16-11-9-14(10-12-16)13-21-20(24)22-18-8-4-6-15-5-2-3-7-17(15)18/h2-12H,13H2,1H3,(H2,21,22,24). The van der Waals surface area contributed by atoms with Gasteiger partial charge in [-0.2, -0.15) is 0 Å². The fraction of sp³-hybridized carbons (Fsp3) is 0.100. The van der Waals surface area contributed by atoms with Gasteiger partial charge in [0.15, 0.2) is 0 Å². The van der Waals surface area contributed by atoms with Crippen LogP contribution in [0.4, 0.5) is 10.5 Å². The molecular formula is C20H18N2O3. The average molecular weight is 334 g/mol. The molecule has 0 fully saturated rings. The van der Waals surface area contributed by atoms with E-state index in [9.17, 15) is 9.59 Å². The lowest BCUT2D eigenvalue weighted by Crippen LogP contribution is -2.28. The maximum atomic E-state index is 12.2. The highest BCUT2D eigenvalue weighted by atomic mass is 16.5. The Labute approximate surface area is 145 Å². The molecule has 5 heteroatoms. The third kappa shape index (κ3) is 3.95. The predicted molar refractivity (Wildman–Crippen MR) is 97.6 cm³/mol. The summed E-state index contributed by atoms with van der Waals surface area (Å²) in [6.45, 7) is 0.359. The van der Waals surface area contributed by atoms with Crippen molar-refractivity contribution in [2.24, 2.45) is 0 Å². The summed E-state index contributed by atoms with van der Waals surface area (Å²) in [5, 5.41) is 7.74. The van der Waals surface area contributed by atoms with Gasteiger partial charge in [-0.05, 0) is 29.1 Å². The Balaban J connectivity index is 1.62. The highest BCUT2D eigenvalue weighted by Crippen LogP contribution is 2.22. The van der Waals surface area contributed by atoms with Gasteiger partial charge in [-0.15, -0.1) is 0 Å². The molecule has 0 unspecified atom stereocenters. The molecule has 0 aliphatic rings. The van der Waals surface area contributed by atoms with Crippen molar-refractivity contribution < 1.29 is 14.3 Å². The number of nitrogens with one attached hydrogen (secondary N) is 2. The molecule has 0 aliphatic carbocycles. The van der Waals surface area contributed by atoms with Crippen molar-refractivity contribution in [1.29, 1.82) is 0 Å². The maximum absolute atomic E-state index is 12.2. The molecule has 3 aromatic rings. The fourth-order valence-corrected chi connectivity index (χ4v) is 2.56.